The van der Waals surface area contributed by atoms with Crippen LogP contribution >= 0.6 is 9.47 Å². The molecule has 2 fully saturated rings. The van der Waals surface area contributed by atoms with Crippen LogP contribution in [0.25, 0.3) is 0 Å². The van der Waals surface area contributed by atoms with Crippen LogP contribution in [0.15, 0.2) is 0 Å². The molecule has 6 unspecified atom stereocenters. The summed E-state index contributed by atoms with van der Waals surface area (Å²) in [5, 5.41) is 8.87. The van der Waals surface area contributed by atoms with E-state index in [1.165, 1.54) is 0 Å². The van der Waals surface area contributed by atoms with Gasteiger partial charge in [-0.1, -0.05) is 0 Å². The van der Waals surface area contributed by atoms with Crippen molar-refractivity contribution in [3.8, 4) is 6.07 Å². The van der Waals surface area contributed by atoms with Crippen molar-refractivity contribution in [2.45, 2.75) is 31.7 Å². The minimum Gasteiger partial charge on any atom is -0.348 e. The normalized spacial score (nSPS) is 47.1. The zero-order chi connectivity index (χ0) is 10.1. The van der Waals surface area contributed by atoms with E-state index in [0.717, 1.165) is 0 Å². The van der Waals surface area contributed by atoms with Crippen LogP contribution in [0.4, 0.5) is 0 Å². The minimum absolute atomic E-state index is 0.241. The second-order valence-corrected chi connectivity index (χ2v) is 3.61. The molecule has 2 heterocycles. The van der Waals surface area contributed by atoms with Gasteiger partial charge in [0.2, 0.25) is 0 Å². The molecule has 2 saturated heterocycles. The van der Waals surface area contributed by atoms with Crippen molar-refractivity contribution in [1.82, 2.24) is 0 Å². The predicted molar refractivity (Wildman–Crippen MR) is 48.8 cm³/mol. The maximum Gasteiger partial charge on any atom is 0.189 e. The summed E-state index contributed by atoms with van der Waals surface area (Å²) in [4.78, 5) is 0. The van der Waals surface area contributed by atoms with Gasteiger partial charge >= 0.3 is 0 Å². The Morgan fingerprint density at radius 2 is 2.14 bits per heavy atom. The number of hydrogen-bond donors (Lipinski definition) is 0. The Bertz CT molecular complexity index is 256. The Morgan fingerprint density at radius 1 is 1.43 bits per heavy atom. The summed E-state index contributed by atoms with van der Waals surface area (Å²) in [6.07, 6.45) is -1.31. The van der Waals surface area contributed by atoms with E-state index >= 15 is 0 Å². The summed E-state index contributed by atoms with van der Waals surface area (Å²) >= 11 is 0. The Kier molecular flexibility index (Phi) is 3.01. The zero-order valence-corrected chi connectivity index (χ0v) is 8.91. The van der Waals surface area contributed by atoms with E-state index in [9.17, 15) is 0 Å². The van der Waals surface area contributed by atoms with Gasteiger partial charge < -0.3 is 18.7 Å². The largest absolute Gasteiger partial charge is 0.348 e. The Balaban J connectivity index is 2.13. The standard InChI is InChI=1S/C8H12NO4P/c1-4-11-6-5(2-9)3-10-8(13-14)7(6)12-4/h4-8H,3,14H2,1H3. The fraction of sp³-hybridized carbons (Fsp3) is 0.875. The third-order valence-electron chi connectivity index (χ3n) is 2.43. The molecule has 0 aromatic heterocycles. The molecule has 14 heavy (non-hydrogen) atoms. The second kappa shape index (κ2) is 4.09. The molecule has 0 aliphatic carbocycles. The average Bonchev–Trinajstić information content (AvgIpc) is 2.57. The van der Waals surface area contributed by atoms with Crippen LogP contribution in [0.1, 0.15) is 6.92 Å². The summed E-state index contributed by atoms with van der Waals surface area (Å²) in [7, 11) is 2.14. The van der Waals surface area contributed by atoms with Gasteiger partial charge in [-0.3, -0.25) is 0 Å². The second-order valence-electron chi connectivity index (χ2n) is 3.34. The van der Waals surface area contributed by atoms with Crippen molar-refractivity contribution in [1.29, 1.82) is 5.26 Å². The number of nitrogens with zero attached hydrogens (tertiary/aromatic N) is 1. The number of ether oxygens (including phenoxy) is 3. The van der Waals surface area contributed by atoms with Crippen LogP contribution in [0.5, 0.6) is 0 Å². The summed E-state index contributed by atoms with van der Waals surface area (Å²) in [6.45, 7) is 2.12. The maximum absolute atomic E-state index is 8.87. The van der Waals surface area contributed by atoms with Gasteiger partial charge in [-0.15, -0.1) is 0 Å². The lowest BCUT2D eigenvalue weighted by molar-refractivity contribution is -0.185. The zero-order valence-electron chi connectivity index (χ0n) is 7.75. The number of rotatable bonds is 1. The molecule has 5 nitrogen and oxygen atoms in total. The lowest BCUT2D eigenvalue weighted by atomic mass is 9.97. The van der Waals surface area contributed by atoms with Crippen molar-refractivity contribution >= 4 is 9.47 Å². The molecule has 0 spiro atoms. The molecule has 2 rings (SSSR count). The predicted octanol–water partition coefficient (Wildman–Crippen LogP) is 0.419. The third-order valence-corrected chi connectivity index (χ3v) is 2.69. The molecule has 6 atom stereocenters. The van der Waals surface area contributed by atoms with Gasteiger partial charge in [0.1, 0.15) is 12.2 Å². The molecule has 0 N–H and O–H groups in total. The molecule has 2 aliphatic heterocycles. The fourth-order valence-electron chi connectivity index (χ4n) is 1.79. The highest BCUT2D eigenvalue weighted by molar-refractivity contribution is 7.09. The quantitative estimate of drug-likeness (QED) is 0.595. The molecule has 0 bridgehead atoms. The Morgan fingerprint density at radius 3 is 2.79 bits per heavy atom. The van der Waals surface area contributed by atoms with Gasteiger partial charge in [0.05, 0.1) is 18.6 Å². The van der Waals surface area contributed by atoms with Crippen molar-refractivity contribution in [2.75, 3.05) is 6.61 Å². The molecule has 0 saturated carbocycles. The van der Waals surface area contributed by atoms with E-state index < -0.39 is 6.29 Å². The van der Waals surface area contributed by atoms with Crippen LogP contribution < -0.4 is 0 Å². The molecule has 6 heteroatoms. The Labute approximate surface area is 84.5 Å². The maximum atomic E-state index is 8.87. The first-order valence-corrected chi connectivity index (χ1v) is 4.91. The van der Waals surface area contributed by atoms with Crippen molar-refractivity contribution in [3.05, 3.63) is 0 Å². The van der Waals surface area contributed by atoms with Gasteiger partial charge in [-0.2, -0.15) is 5.26 Å². The van der Waals surface area contributed by atoms with Crippen LogP contribution in [0, 0.1) is 17.2 Å². The monoisotopic (exact) mass is 217 g/mol. The van der Waals surface area contributed by atoms with Crippen LogP contribution in [-0.2, 0) is 18.7 Å². The molecule has 0 aromatic rings. The lowest BCUT2D eigenvalue weighted by Crippen LogP contribution is -2.48. The summed E-state index contributed by atoms with van der Waals surface area (Å²) in [5.74, 6) is -0.277. The molecule has 0 aromatic carbocycles. The van der Waals surface area contributed by atoms with E-state index in [2.05, 4.69) is 15.5 Å². The highest BCUT2D eigenvalue weighted by Gasteiger charge is 2.48. The van der Waals surface area contributed by atoms with E-state index in [-0.39, 0.29) is 24.4 Å². The molecule has 78 valence electrons. The fourth-order valence-corrected chi connectivity index (χ4v) is 2.02. The Hall–Kier alpha value is -0.240. The SMILES string of the molecule is CC1OC2C(C#N)COC(OP)C2O1. The number of hydrogen-bond acceptors (Lipinski definition) is 5. The summed E-state index contributed by atoms with van der Waals surface area (Å²) < 4.78 is 21.3. The molecular weight excluding hydrogens is 205 g/mol. The van der Waals surface area contributed by atoms with Crippen LogP contribution in [-0.4, -0.2) is 31.4 Å². The van der Waals surface area contributed by atoms with Crippen molar-refractivity contribution in [2.24, 2.45) is 5.92 Å². The summed E-state index contributed by atoms with van der Waals surface area (Å²) in [5.41, 5.74) is 0. The van der Waals surface area contributed by atoms with Crippen LogP contribution in [0.3, 0.4) is 0 Å². The molecular formula is C8H12NO4P. The number of fused-ring (bicyclic) bond motifs is 1. The third kappa shape index (κ3) is 1.65. The number of nitriles is 1. The molecule has 0 amide bonds. The minimum atomic E-state index is -0.459. The smallest absolute Gasteiger partial charge is 0.189 e. The van der Waals surface area contributed by atoms with Crippen molar-refractivity contribution < 1.29 is 18.7 Å². The van der Waals surface area contributed by atoms with Gasteiger partial charge in [0.15, 0.2) is 12.6 Å². The topological polar surface area (TPSA) is 60.7 Å². The average molecular weight is 217 g/mol. The van der Waals surface area contributed by atoms with E-state index in [0.29, 0.717) is 6.61 Å². The highest BCUT2D eigenvalue weighted by atomic mass is 31.0. The lowest BCUT2D eigenvalue weighted by Gasteiger charge is -2.32. The first-order valence-electron chi connectivity index (χ1n) is 4.44. The first-order chi connectivity index (χ1) is 6.76. The molecule has 0 radical (unpaired) electrons. The van der Waals surface area contributed by atoms with Gasteiger partial charge in [-0.05, 0) is 6.92 Å². The van der Waals surface area contributed by atoms with Gasteiger partial charge in [-0.25, -0.2) is 0 Å². The first kappa shape index (κ1) is 10.3. The van der Waals surface area contributed by atoms with E-state index in [1.54, 1.807) is 6.92 Å². The summed E-state index contributed by atoms with van der Waals surface area (Å²) in [6, 6.07) is 2.15. The van der Waals surface area contributed by atoms with Gasteiger partial charge in [0, 0.05) is 9.47 Å². The highest BCUT2D eigenvalue weighted by Crippen LogP contribution is 2.33. The molecule has 2 aliphatic rings. The van der Waals surface area contributed by atoms with E-state index in [4.69, 9.17) is 24.0 Å². The van der Waals surface area contributed by atoms with Crippen LogP contribution in [0.2, 0.25) is 0 Å². The van der Waals surface area contributed by atoms with E-state index in [1.807, 2.05) is 0 Å². The van der Waals surface area contributed by atoms with Crippen molar-refractivity contribution in [3.63, 3.8) is 0 Å². The van der Waals surface area contributed by atoms with Gasteiger partial charge in [0.25, 0.3) is 0 Å².